The van der Waals surface area contributed by atoms with Crippen molar-refractivity contribution in [3.63, 3.8) is 0 Å². The molecular weight excluding hydrogens is 669 g/mol. The van der Waals surface area contributed by atoms with Gasteiger partial charge in [-0.25, -0.2) is 0 Å². The van der Waals surface area contributed by atoms with E-state index in [0.29, 0.717) is 0 Å². The molecule has 0 aliphatic rings. The van der Waals surface area contributed by atoms with E-state index < -0.39 is 0 Å². The van der Waals surface area contributed by atoms with Crippen molar-refractivity contribution in [1.29, 1.82) is 0 Å². The van der Waals surface area contributed by atoms with Crippen molar-refractivity contribution < 1.29 is 4.42 Å². The number of furan rings is 1. The fraction of sp³-hybridized carbons (Fsp3) is 0. The van der Waals surface area contributed by atoms with Crippen LogP contribution >= 0.6 is 0 Å². The second-order valence-corrected chi connectivity index (χ2v) is 14.1. The first-order chi connectivity index (χ1) is 27.3. The first kappa shape index (κ1) is 31.2. The third kappa shape index (κ3) is 5.13. The Balaban J connectivity index is 1.13. The maximum Gasteiger partial charge on any atom is 0.136 e. The molecule has 55 heavy (non-hydrogen) atoms. The van der Waals surface area contributed by atoms with Gasteiger partial charge >= 0.3 is 0 Å². The van der Waals surface area contributed by atoms with Crippen LogP contribution in [0.4, 0.5) is 17.1 Å². The Kier molecular flexibility index (Phi) is 7.17. The molecule has 0 unspecified atom stereocenters. The summed E-state index contributed by atoms with van der Waals surface area (Å²) in [7, 11) is 0. The largest absolute Gasteiger partial charge is 0.456 e. The molecule has 0 spiro atoms. The first-order valence-electron chi connectivity index (χ1n) is 18.8. The molecule has 3 nitrogen and oxygen atoms in total. The molecule has 0 saturated carbocycles. The molecule has 0 radical (unpaired) electrons. The van der Waals surface area contributed by atoms with Gasteiger partial charge < -0.3 is 13.9 Å². The van der Waals surface area contributed by atoms with E-state index in [0.717, 1.165) is 55.6 Å². The van der Waals surface area contributed by atoms with E-state index in [9.17, 15) is 0 Å². The summed E-state index contributed by atoms with van der Waals surface area (Å²) < 4.78 is 8.87. The Morgan fingerprint density at radius 2 is 0.964 bits per heavy atom. The Labute approximate surface area is 318 Å². The summed E-state index contributed by atoms with van der Waals surface area (Å²) in [4.78, 5) is 2.38. The predicted octanol–water partition coefficient (Wildman–Crippen LogP) is 14.6. The fourth-order valence-corrected chi connectivity index (χ4v) is 8.46. The molecule has 258 valence electrons. The van der Waals surface area contributed by atoms with Crippen LogP contribution < -0.4 is 4.90 Å². The smallest absolute Gasteiger partial charge is 0.136 e. The molecule has 9 aromatic carbocycles. The third-order valence-corrected chi connectivity index (χ3v) is 11.0. The number of para-hydroxylation sites is 2. The van der Waals surface area contributed by atoms with Gasteiger partial charge in [0.2, 0.25) is 0 Å². The van der Waals surface area contributed by atoms with Crippen molar-refractivity contribution in [3.8, 4) is 27.9 Å². The van der Waals surface area contributed by atoms with Crippen LogP contribution in [-0.2, 0) is 0 Å². The van der Waals surface area contributed by atoms with Crippen molar-refractivity contribution in [1.82, 2.24) is 4.57 Å². The van der Waals surface area contributed by atoms with E-state index in [1.807, 2.05) is 0 Å². The summed E-state index contributed by atoms with van der Waals surface area (Å²) in [5, 5.41) is 7.08. The average molecular weight is 703 g/mol. The standard InChI is InChI=1S/C52H34N2O/c1-4-13-35(14-5-1)36-23-26-40(27-24-36)53(42-29-31-46-45-19-10-11-21-47(45)54(48(46)34-42)39-17-8-3-9-18-39)41-28-30-44-38(33-41)25-32-50-52(44)51-43(20-12-22-49(51)55-50)37-15-6-2-7-16-37/h1-34H. The Morgan fingerprint density at radius 1 is 0.364 bits per heavy atom. The molecule has 0 saturated heterocycles. The molecule has 0 amide bonds. The molecule has 0 bridgehead atoms. The highest BCUT2D eigenvalue weighted by molar-refractivity contribution is 6.23. The van der Waals surface area contributed by atoms with Gasteiger partial charge in [-0.1, -0.05) is 140 Å². The number of nitrogens with zero attached hydrogens (tertiary/aromatic N) is 2. The number of aromatic nitrogens is 1. The van der Waals surface area contributed by atoms with Gasteiger partial charge in [-0.3, -0.25) is 0 Å². The molecule has 0 N–H and O–H groups in total. The monoisotopic (exact) mass is 702 g/mol. The van der Waals surface area contributed by atoms with Crippen LogP contribution in [0.3, 0.4) is 0 Å². The Hall–Kier alpha value is -7.36. The van der Waals surface area contributed by atoms with Crippen molar-refractivity contribution in [2.45, 2.75) is 0 Å². The fourth-order valence-electron chi connectivity index (χ4n) is 8.46. The van der Waals surface area contributed by atoms with Crippen LogP contribution in [0.2, 0.25) is 0 Å². The first-order valence-corrected chi connectivity index (χ1v) is 18.8. The molecule has 0 aliphatic heterocycles. The molecular formula is C52H34N2O. The average Bonchev–Trinajstić information content (AvgIpc) is 3.81. The summed E-state index contributed by atoms with van der Waals surface area (Å²) in [6.07, 6.45) is 0. The van der Waals surface area contributed by atoms with E-state index in [1.54, 1.807) is 0 Å². The van der Waals surface area contributed by atoms with Crippen LogP contribution in [0.5, 0.6) is 0 Å². The lowest BCUT2D eigenvalue weighted by Crippen LogP contribution is -2.10. The number of hydrogen-bond donors (Lipinski definition) is 0. The second-order valence-electron chi connectivity index (χ2n) is 14.1. The molecule has 11 aromatic rings. The van der Waals surface area contributed by atoms with Gasteiger partial charge in [-0.2, -0.15) is 0 Å². The molecule has 2 heterocycles. The minimum absolute atomic E-state index is 0.895. The van der Waals surface area contributed by atoms with Crippen LogP contribution in [0, 0.1) is 0 Å². The van der Waals surface area contributed by atoms with Gasteiger partial charge in [0, 0.05) is 44.3 Å². The van der Waals surface area contributed by atoms with Gasteiger partial charge in [-0.05, 0) is 99.8 Å². The summed E-state index contributed by atoms with van der Waals surface area (Å²) in [5.74, 6) is 0. The highest BCUT2D eigenvalue weighted by Crippen LogP contribution is 2.44. The van der Waals surface area contributed by atoms with E-state index in [4.69, 9.17) is 4.42 Å². The van der Waals surface area contributed by atoms with Crippen molar-refractivity contribution in [2.24, 2.45) is 0 Å². The number of hydrogen-bond acceptors (Lipinski definition) is 2. The van der Waals surface area contributed by atoms with Crippen LogP contribution in [0.1, 0.15) is 0 Å². The summed E-state index contributed by atoms with van der Waals surface area (Å²) in [6, 6.07) is 73.9. The van der Waals surface area contributed by atoms with E-state index >= 15 is 0 Å². The quantitative estimate of drug-likeness (QED) is 0.172. The van der Waals surface area contributed by atoms with E-state index in [1.165, 1.54) is 43.9 Å². The second kappa shape index (κ2) is 12.6. The minimum atomic E-state index is 0.895. The molecule has 3 heteroatoms. The highest BCUT2D eigenvalue weighted by Gasteiger charge is 2.20. The molecule has 0 atom stereocenters. The molecule has 0 aliphatic carbocycles. The van der Waals surface area contributed by atoms with Gasteiger partial charge in [0.1, 0.15) is 11.2 Å². The van der Waals surface area contributed by atoms with Crippen molar-refractivity contribution in [2.75, 3.05) is 4.90 Å². The normalized spacial score (nSPS) is 11.6. The van der Waals surface area contributed by atoms with Gasteiger partial charge in [0.15, 0.2) is 0 Å². The Bertz CT molecular complexity index is 3180. The zero-order chi connectivity index (χ0) is 36.3. The van der Waals surface area contributed by atoms with Crippen LogP contribution in [0.25, 0.3) is 82.5 Å². The summed E-state index contributed by atoms with van der Waals surface area (Å²) >= 11 is 0. The van der Waals surface area contributed by atoms with E-state index in [2.05, 4.69) is 216 Å². The number of benzene rings is 9. The maximum atomic E-state index is 6.49. The van der Waals surface area contributed by atoms with Crippen LogP contribution in [0.15, 0.2) is 211 Å². The Morgan fingerprint density at radius 3 is 1.75 bits per heavy atom. The molecule has 11 rings (SSSR count). The van der Waals surface area contributed by atoms with Gasteiger partial charge in [-0.15, -0.1) is 0 Å². The third-order valence-electron chi connectivity index (χ3n) is 11.0. The number of rotatable bonds is 6. The van der Waals surface area contributed by atoms with E-state index in [-0.39, 0.29) is 0 Å². The van der Waals surface area contributed by atoms with Crippen LogP contribution in [-0.4, -0.2) is 4.57 Å². The predicted molar refractivity (Wildman–Crippen MR) is 231 cm³/mol. The van der Waals surface area contributed by atoms with Gasteiger partial charge in [0.05, 0.1) is 11.0 Å². The minimum Gasteiger partial charge on any atom is -0.456 e. The zero-order valence-corrected chi connectivity index (χ0v) is 29.9. The topological polar surface area (TPSA) is 21.3 Å². The number of fused-ring (bicyclic) bond motifs is 8. The summed E-state index contributed by atoms with van der Waals surface area (Å²) in [6.45, 7) is 0. The lowest BCUT2D eigenvalue weighted by atomic mass is 9.96. The highest BCUT2D eigenvalue weighted by atomic mass is 16.3. The van der Waals surface area contributed by atoms with Gasteiger partial charge in [0.25, 0.3) is 0 Å². The SMILES string of the molecule is c1ccc(-c2ccc(N(c3ccc4c(ccc5oc6cccc(-c7ccccc7)c6c54)c3)c3ccc4c5ccccc5n(-c5ccccc5)c4c3)cc2)cc1. The molecule has 0 fully saturated rings. The lowest BCUT2D eigenvalue weighted by Gasteiger charge is -2.26. The summed E-state index contributed by atoms with van der Waals surface area (Å²) in [5.41, 5.74) is 13.3. The van der Waals surface area contributed by atoms with Crippen molar-refractivity contribution in [3.05, 3.63) is 206 Å². The molecule has 2 aromatic heterocycles. The van der Waals surface area contributed by atoms with Crippen molar-refractivity contribution >= 4 is 71.6 Å². The maximum absolute atomic E-state index is 6.49. The lowest BCUT2D eigenvalue weighted by molar-refractivity contribution is 0.669. The zero-order valence-electron chi connectivity index (χ0n) is 29.9. The number of anilines is 3.